The number of benzene rings is 1. The van der Waals surface area contributed by atoms with Crippen molar-refractivity contribution in [1.82, 2.24) is 4.90 Å². The van der Waals surface area contributed by atoms with Crippen molar-refractivity contribution in [2.24, 2.45) is 0 Å². The molecule has 0 bridgehead atoms. The highest BCUT2D eigenvalue weighted by Crippen LogP contribution is 2.30. The van der Waals surface area contributed by atoms with Gasteiger partial charge in [-0.3, -0.25) is 0 Å². The van der Waals surface area contributed by atoms with Crippen LogP contribution in [0.1, 0.15) is 5.56 Å². The lowest BCUT2D eigenvalue weighted by atomic mass is 10.1. The molecule has 2 aliphatic heterocycles. The van der Waals surface area contributed by atoms with Crippen LogP contribution < -0.4 is 0 Å². The van der Waals surface area contributed by atoms with Gasteiger partial charge in [-0.1, -0.05) is 30.3 Å². The van der Waals surface area contributed by atoms with Crippen LogP contribution in [0, 0.1) is 0 Å². The zero-order chi connectivity index (χ0) is 15.4. The van der Waals surface area contributed by atoms with Gasteiger partial charge >= 0.3 is 0 Å². The van der Waals surface area contributed by atoms with Gasteiger partial charge in [-0.05, 0) is 19.7 Å². The molecule has 0 radical (unpaired) electrons. The van der Waals surface area contributed by atoms with Crippen LogP contribution >= 0.6 is 0 Å². The fourth-order valence-electron chi connectivity index (χ4n) is 2.88. The Morgan fingerprint density at radius 1 is 1.00 bits per heavy atom. The Bertz CT molecular complexity index is 453. The predicted octanol–water partition coefficient (Wildman–Crippen LogP) is 1.32. The Morgan fingerprint density at radius 3 is 2.27 bits per heavy atom. The minimum Gasteiger partial charge on any atom is -0.372 e. The third kappa shape index (κ3) is 3.86. The summed E-state index contributed by atoms with van der Waals surface area (Å²) in [6.07, 6.45) is 0.0129. The summed E-state index contributed by atoms with van der Waals surface area (Å²) in [5.74, 6) is 0. The van der Waals surface area contributed by atoms with Crippen LogP contribution in [-0.4, -0.2) is 69.8 Å². The van der Waals surface area contributed by atoms with Crippen molar-refractivity contribution in [3.63, 3.8) is 0 Å². The van der Waals surface area contributed by atoms with E-state index in [0.29, 0.717) is 26.4 Å². The Balaban J connectivity index is 1.45. The molecular weight excluding hydrogens is 282 g/mol. The van der Waals surface area contributed by atoms with Gasteiger partial charge in [0.1, 0.15) is 24.4 Å². The topological polar surface area (TPSA) is 40.2 Å². The maximum Gasteiger partial charge on any atom is 0.115 e. The Labute approximate surface area is 132 Å². The van der Waals surface area contributed by atoms with Crippen LogP contribution in [0.15, 0.2) is 30.3 Å². The summed E-state index contributed by atoms with van der Waals surface area (Å²) in [5, 5.41) is 0. The van der Waals surface area contributed by atoms with Crippen molar-refractivity contribution < 1.29 is 18.9 Å². The molecular formula is C17H25NO4. The Hall–Kier alpha value is -0.980. The molecule has 22 heavy (non-hydrogen) atoms. The first kappa shape index (κ1) is 15.9. The summed E-state index contributed by atoms with van der Waals surface area (Å²) in [6.45, 7) is 3.36. The molecule has 0 amide bonds. The molecule has 5 nitrogen and oxygen atoms in total. The molecule has 3 rings (SSSR count). The van der Waals surface area contributed by atoms with Gasteiger partial charge in [-0.25, -0.2) is 0 Å². The molecule has 1 aromatic rings. The quantitative estimate of drug-likeness (QED) is 0.760. The van der Waals surface area contributed by atoms with Crippen LogP contribution in [0.5, 0.6) is 0 Å². The van der Waals surface area contributed by atoms with Crippen LogP contribution in [0.3, 0.4) is 0 Å². The second-order valence-electron chi connectivity index (χ2n) is 6.14. The zero-order valence-corrected chi connectivity index (χ0v) is 13.3. The molecule has 5 heteroatoms. The molecule has 0 aliphatic carbocycles. The average Bonchev–Trinajstić information content (AvgIpc) is 3.09. The van der Waals surface area contributed by atoms with Crippen LogP contribution in [0.25, 0.3) is 0 Å². The number of rotatable bonds is 7. The number of likely N-dealkylation sites (N-methyl/N-ethyl adjacent to an activating group) is 1. The largest absolute Gasteiger partial charge is 0.372 e. The second-order valence-corrected chi connectivity index (χ2v) is 6.14. The maximum absolute atomic E-state index is 5.98. The summed E-state index contributed by atoms with van der Waals surface area (Å²) in [6, 6.07) is 10.2. The highest BCUT2D eigenvalue weighted by atomic mass is 16.6. The molecule has 0 unspecified atom stereocenters. The lowest BCUT2D eigenvalue weighted by Crippen LogP contribution is -2.35. The van der Waals surface area contributed by atoms with E-state index in [9.17, 15) is 0 Å². The molecule has 4 atom stereocenters. The molecule has 0 spiro atoms. The number of nitrogens with zero attached hydrogens (tertiary/aromatic N) is 1. The number of hydrogen-bond donors (Lipinski definition) is 0. The third-order valence-corrected chi connectivity index (χ3v) is 4.14. The van der Waals surface area contributed by atoms with E-state index < -0.39 is 0 Å². The summed E-state index contributed by atoms with van der Waals surface area (Å²) in [5.41, 5.74) is 1.17. The fourth-order valence-corrected chi connectivity index (χ4v) is 2.88. The van der Waals surface area contributed by atoms with E-state index in [1.54, 1.807) is 0 Å². The Morgan fingerprint density at radius 2 is 1.64 bits per heavy atom. The predicted molar refractivity (Wildman–Crippen MR) is 82.8 cm³/mol. The summed E-state index contributed by atoms with van der Waals surface area (Å²) in [4.78, 5) is 2.11. The van der Waals surface area contributed by atoms with Gasteiger partial charge in [0.25, 0.3) is 0 Å². The minimum absolute atomic E-state index is 0.00272. The van der Waals surface area contributed by atoms with E-state index in [2.05, 4.69) is 17.0 Å². The SMILES string of the molecule is CN(C)CCO[C@H]1CO[C@H]2[C@@H]1OC[C@H]2OCc1ccccc1. The monoisotopic (exact) mass is 307 g/mol. The minimum atomic E-state index is -0.00680. The first-order valence-electron chi connectivity index (χ1n) is 7.89. The zero-order valence-electron chi connectivity index (χ0n) is 13.3. The second kappa shape index (κ2) is 7.53. The molecule has 0 aromatic heterocycles. The van der Waals surface area contributed by atoms with Crippen LogP contribution in [-0.2, 0) is 25.6 Å². The lowest BCUT2D eigenvalue weighted by Gasteiger charge is -2.18. The molecule has 2 aliphatic rings. The highest BCUT2D eigenvalue weighted by Gasteiger charge is 2.48. The van der Waals surface area contributed by atoms with Crippen LogP contribution in [0.4, 0.5) is 0 Å². The first-order chi connectivity index (χ1) is 10.7. The van der Waals surface area contributed by atoms with Gasteiger partial charge in [0.15, 0.2) is 0 Å². The molecule has 0 N–H and O–H groups in total. The standard InChI is InChI=1S/C17H25NO4/c1-18(2)8-9-19-14-11-21-17-15(12-22-16(14)17)20-10-13-6-4-3-5-7-13/h3-7,14-17H,8-12H2,1-2H3/t14-,15+,16+,17+/m0/s1. The van der Waals surface area contributed by atoms with E-state index in [4.69, 9.17) is 18.9 Å². The van der Waals surface area contributed by atoms with E-state index in [1.165, 1.54) is 5.56 Å². The molecule has 1 aromatic carbocycles. The van der Waals surface area contributed by atoms with Crippen molar-refractivity contribution in [3.05, 3.63) is 35.9 Å². The van der Waals surface area contributed by atoms with E-state index in [1.807, 2.05) is 32.3 Å². The van der Waals surface area contributed by atoms with E-state index in [-0.39, 0.29) is 24.4 Å². The van der Waals surface area contributed by atoms with Crippen molar-refractivity contribution >= 4 is 0 Å². The van der Waals surface area contributed by atoms with E-state index in [0.717, 1.165) is 6.54 Å². The van der Waals surface area contributed by atoms with Crippen molar-refractivity contribution in [2.45, 2.75) is 31.0 Å². The van der Waals surface area contributed by atoms with Gasteiger partial charge < -0.3 is 23.8 Å². The molecule has 2 saturated heterocycles. The lowest BCUT2D eigenvalue weighted by molar-refractivity contribution is -0.0556. The third-order valence-electron chi connectivity index (χ3n) is 4.14. The van der Waals surface area contributed by atoms with Gasteiger partial charge in [-0.15, -0.1) is 0 Å². The first-order valence-corrected chi connectivity index (χ1v) is 7.89. The summed E-state index contributed by atoms with van der Waals surface area (Å²) < 4.78 is 23.6. The Kier molecular flexibility index (Phi) is 5.44. The van der Waals surface area contributed by atoms with Crippen LogP contribution in [0.2, 0.25) is 0 Å². The van der Waals surface area contributed by atoms with Crippen molar-refractivity contribution in [3.8, 4) is 0 Å². The van der Waals surface area contributed by atoms with Gasteiger partial charge in [-0.2, -0.15) is 0 Å². The molecule has 0 saturated carbocycles. The van der Waals surface area contributed by atoms with Crippen molar-refractivity contribution in [1.29, 1.82) is 0 Å². The molecule has 2 fully saturated rings. The fraction of sp³-hybridized carbons (Fsp3) is 0.647. The highest BCUT2D eigenvalue weighted by molar-refractivity contribution is 5.13. The number of ether oxygens (including phenoxy) is 4. The summed E-state index contributed by atoms with van der Waals surface area (Å²) >= 11 is 0. The number of hydrogen-bond acceptors (Lipinski definition) is 5. The smallest absolute Gasteiger partial charge is 0.115 e. The number of fused-ring (bicyclic) bond motifs is 1. The normalized spacial score (nSPS) is 30.9. The van der Waals surface area contributed by atoms with Gasteiger partial charge in [0, 0.05) is 6.54 Å². The van der Waals surface area contributed by atoms with Gasteiger partial charge in [0.05, 0.1) is 26.4 Å². The van der Waals surface area contributed by atoms with Gasteiger partial charge in [0.2, 0.25) is 0 Å². The molecule has 122 valence electrons. The van der Waals surface area contributed by atoms with Crippen molar-refractivity contribution in [2.75, 3.05) is 40.5 Å². The summed E-state index contributed by atoms with van der Waals surface area (Å²) in [7, 11) is 4.08. The molecule has 2 heterocycles. The van der Waals surface area contributed by atoms with E-state index >= 15 is 0 Å². The average molecular weight is 307 g/mol. The maximum atomic E-state index is 5.98.